The SMILES string of the molecule is CCNCc1ccc(OC(=O)c2ccc(-c3ccc(C)cc3)cc2)cc1. The number of benzene rings is 3. The maximum atomic E-state index is 12.3. The molecule has 0 bridgehead atoms. The van der Waals surface area contributed by atoms with Crippen LogP contribution in [-0.2, 0) is 6.54 Å². The molecule has 0 radical (unpaired) electrons. The molecule has 26 heavy (non-hydrogen) atoms. The molecule has 0 aliphatic heterocycles. The summed E-state index contributed by atoms with van der Waals surface area (Å²) in [5, 5.41) is 3.26. The standard InChI is InChI=1S/C23H23NO2/c1-3-24-16-18-6-14-22(15-7-18)26-23(25)21-12-10-20(11-13-21)19-8-4-17(2)5-9-19/h4-15,24H,3,16H2,1-2H3. The van der Waals surface area contributed by atoms with Crippen molar-refractivity contribution in [3.8, 4) is 16.9 Å². The van der Waals surface area contributed by atoms with Gasteiger partial charge in [-0.1, -0.05) is 61.0 Å². The minimum absolute atomic E-state index is 0.347. The number of nitrogens with one attached hydrogen (secondary N) is 1. The van der Waals surface area contributed by atoms with Crippen LogP contribution in [0.4, 0.5) is 0 Å². The topological polar surface area (TPSA) is 38.3 Å². The van der Waals surface area contributed by atoms with Gasteiger partial charge < -0.3 is 10.1 Å². The Morgan fingerprint density at radius 2 is 1.42 bits per heavy atom. The number of carbonyl (C=O) groups excluding carboxylic acids is 1. The van der Waals surface area contributed by atoms with Crippen LogP contribution in [0.2, 0.25) is 0 Å². The molecule has 132 valence electrons. The maximum absolute atomic E-state index is 12.3. The van der Waals surface area contributed by atoms with Gasteiger partial charge in [0.2, 0.25) is 0 Å². The highest BCUT2D eigenvalue weighted by Crippen LogP contribution is 2.21. The van der Waals surface area contributed by atoms with Gasteiger partial charge in [-0.25, -0.2) is 4.79 Å². The van der Waals surface area contributed by atoms with E-state index in [0.717, 1.165) is 29.8 Å². The fraction of sp³-hybridized carbons (Fsp3) is 0.174. The zero-order valence-corrected chi connectivity index (χ0v) is 15.2. The first-order chi connectivity index (χ1) is 12.7. The van der Waals surface area contributed by atoms with Crippen LogP contribution in [0.5, 0.6) is 5.75 Å². The fourth-order valence-corrected chi connectivity index (χ4v) is 2.66. The van der Waals surface area contributed by atoms with Crippen LogP contribution in [0, 0.1) is 6.92 Å². The molecule has 0 unspecified atom stereocenters. The van der Waals surface area contributed by atoms with Gasteiger partial charge in [-0.2, -0.15) is 0 Å². The van der Waals surface area contributed by atoms with E-state index in [1.165, 1.54) is 5.56 Å². The molecule has 0 fully saturated rings. The van der Waals surface area contributed by atoms with Gasteiger partial charge in [-0.3, -0.25) is 0 Å². The lowest BCUT2D eigenvalue weighted by Gasteiger charge is -2.07. The summed E-state index contributed by atoms with van der Waals surface area (Å²) in [6.45, 7) is 5.87. The van der Waals surface area contributed by atoms with Gasteiger partial charge in [0.05, 0.1) is 5.56 Å². The Morgan fingerprint density at radius 1 is 0.846 bits per heavy atom. The monoisotopic (exact) mass is 345 g/mol. The minimum atomic E-state index is -0.347. The Bertz CT molecular complexity index is 850. The molecule has 0 amide bonds. The van der Waals surface area contributed by atoms with Crippen molar-refractivity contribution in [2.24, 2.45) is 0 Å². The molecule has 0 saturated carbocycles. The first kappa shape index (κ1) is 17.9. The molecule has 3 heteroatoms. The smallest absolute Gasteiger partial charge is 0.343 e. The number of hydrogen-bond acceptors (Lipinski definition) is 3. The van der Waals surface area contributed by atoms with Crippen LogP contribution in [0.25, 0.3) is 11.1 Å². The van der Waals surface area contributed by atoms with Crippen LogP contribution in [0.15, 0.2) is 72.8 Å². The number of ether oxygens (including phenoxy) is 1. The summed E-state index contributed by atoms with van der Waals surface area (Å²) in [7, 11) is 0. The van der Waals surface area contributed by atoms with E-state index in [4.69, 9.17) is 4.74 Å². The van der Waals surface area contributed by atoms with Gasteiger partial charge in [0.25, 0.3) is 0 Å². The van der Waals surface area contributed by atoms with Crippen molar-refractivity contribution in [3.05, 3.63) is 89.5 Å². The van der Waals surface area contributed by atoms with Crippen molar-refractivity contribution in [1.29, 1.82) is 0 Å². The van der Waals surface area contributed by atoms with Gasteiger partial charge >= 0.3 is 5.97 Å². The molecular formula is C23H23NO2. The van der Waals surface area contributed by atoms with Crippen molar-refractivity contribution >= 4 is 5.97 Å². The largest absolute Gasteiger partial charge is 0.423 e. The maximum Gasteiger partial charge on any atom is 0.343 e. The third-order valence-corrected chi connectivity index (χ3v) is 4.22. The van der Waals surface area contributed by atoms with Gasteiger partial charge in [0.15, 0.2) is 0 Å². The Kier molecular flexibility index (Phi) is 5.82. The summed E-state index contributed by atoms with van der Waals surface area (Å²) in [5.74, 6) is 0.206. The van der Waals surface area contributed by atoms with Crippen LogP contribution < -0.4 is 10.1 Å². The zero-order chi connectivity index (χ0) is 18.4. The quantitative estimate of drug-likeness (QED) is 0.505. The third kappa shape index (κ3) is 4.58. The minimum Gasteiger partial charge on any atom is -0.423 e. The van der Waals surface area contributed by atoms with Crippen molar-refractivity contribution in [1.82, 2.24) is 5.32 Å². The summed E-state index contributed by atoms with van der Waals surface area (Å²) in [4.78, 5) is 12.3. The molecule has 0 atom stereocenters. The molecule has 3 nitrogen and oxygen atoms in total. The average Bonchev–Trinajstić information content (AvgIpc) is 2.68. The lowest BCUT2D eigenvalue weighted by molar-refractivity contribution is 0.0735. The molecule has 0 heterocycles. The highest BCUT2D eigenvalue weighted by atomic mass is 16.5. The molecule has 0 aliphatic carbocycles. The predicted octanol–water partition coefficient (Wildman–Crippen LogP) is 4.99. The normalized spacial score (nSPS) is 10.5. The summed E-state index contributed by atoms with van der Waals surface area (Å²) in [6.07, 6.45) is 0. The van der Waals surface area contributed by atoms with E-state index in [-0.39, 0.29) is 5.97 Å². The lowest BCUT2D eigenvalue weighted by Crippen LogP contribution is -2.12. The molecule has 0 aromatic heterocycles. The second-order valence-electron chi connectivity index (χ2n) is 6.26. The molecule has 1 N–H and O–H groups in total. The van der Waals surface area contributed by atoms with E-state index in [1.54, 1.807) is 12.1 Å². The molecule has 3 aromatic rings. The molecule has 3 aromatic carbocycles. The van der Waals surface area contributed by atoms with Gasteiger partial charge in [0, 0.05) is 6.54 Å². The molecule has 0 spiro atoms. The van der Waals surface area contributed by atoms with Gasteiger partial charge in [-0.15, -0.1) is 0 Å². The van der Waals surface area contributed by atoms with E-state index in [0.29, 0.717) is 11.3 Å². The van der Waals surface area contributed by atoms with E-state index >= 15 is 0 Å². The van der Waals surface area contributed by atoms with Crippen molar-refractivity contribution < 1.29 is 9.53 Å². The first-order valence-corrected chi connectivity index (χ1v) is 8.84. The molecule has 0 aliphatic rings. The molecular weight excluding hydrogens is 322 g/mol. The van der Waals surface area contributed by atoms with Crippen LogP contribution in [0.1, 0.15) is 28.4 Å². The van der Waals surface area contributed by atoms with E-state index in [1.807, 2.05) is 36.4 Å². The summed E-state index contributed by atoms with van der Waals surface area (Å²) in [6, 6.07) is 23.4. The highest BCUT2D eigenvalue weighted by Gasteiger charge is 2.09. The summed E-state index contributed by atoms with van der Waals surface area (Å²) in [5.41, 5.74) is 5.14. The number of aryl methyl sites for hydroxylation is 1. The van der Waals surface area contributed by atoms with E-state index in [2.05, 4.69) is 43.4 Å². The Labute approximate surface area is 154 Å². The summed E-state index contributed by atoms with van der Waals surface area (Å²) < 4.78 is 5.46. The van der Waals surface area contributed by atoms with Crippen LogP contribution in [0.3, 0.4) is 0 Å². The van der Waals surface area contributed by atoms with E-state index in [9.17, 15) is 4.79 Å². The number of hydrogen-bond donors (Lipinski definition) is 1. The lowest BCUT2D eigenvalue weighted by atomic mass is 10.0. The van der Waals surface area contributed by atoms with Gasteiger partial charge in [0.1, 0.15) is 5.75 Å². The average molecular weight is 345 g/mol. The number of carbonyl (C=O) groups is 1. The zero-order valence-electron chi connectivity index (χ0n) is 15.2. The van der Waals surface area contributed by atoms with Crippen molar-refractivity contribution in [3.63, 3.8) is 0 Å². The highest BCUT2D eigenvalue weighted by molar-refractivity contribution is 5.91. The van der Waals surface area contributed by atoms with E-state index < -0.39 is 0 Å². The second-order valence-corrected chi connectivity index (χ2v) is 6.26. The van der Waals surface area contributed by atoms with Crippen LogP contribution in [-0.4, -0.2) is 12.5 Å². The van der Waals surface area contributed by atoms with Crippen LogP contribution >= 0.6 is 0 Å². The first-order valence-electron chi connectivity index (χ1n) is 8.84. The Morgan fingerprint density at radius 3 is 2.00 bits per heavy atom. The van der Waals surface area contributed by atoms with Crippen molar-refractivity contribution in [2.75, 3.05) is 6.54 Å². The third-order valence-electron chi connectivity index (χ3n) is 4.22. The van der Waals surface area contributed by atoms with Gasteiger partial charge in [-0.05, 0) is 54.4 Å². The summed E-state index contributed by atoms with van der Waals surface area (Å²) >= 11 is 0. The predicted molar refractivity (Wildman–Crippen MR) is 105 cm³/mol. The molecule has 3 rings (SSSR count). The van der Waals surface area contributed by atoms with Crippen molar-refractivity contribution in [2.45, 2.75) is 20.4 Å². The Balaban J connectivity index is 1.65. The Hall–Kier alpha value is -2.91. The molecule has 0 saturated heterocycles. The number of esters is 1. The fourth-order valence-electron chi connectivity index (χ4n) is 2.66. The second kappa shape index (κ2) is 8.45. The number of rotatable bonds is 6.